The molecule has 3 aromatic heterocycles. The number of anilines is 1. The van der Waals surface area contributed by atoms with Crippen LogP contribution in [0.1, 0.15) is 61.5 Å². The van der Waals surface area contributed by atoms with Gasteiger partial charge in [0.25, 0.3) is 5.91 Å². The molecule has 4 aromatic rings. The molecule has 9 heteroatoms. The largest absolute Gasteiger partial charge is 0.386 e. The molecule has 0 unspecified atom stereocenters. The van der Waals surface area contributed by atoms with Crippen molar-refractivity contribution in [3.8, 4) is 0 Å². The first-order valence-electron chi connectivity index (χ1n) is 10.8. The number of nitrogens with zero attached hydrogens (tertiary/aromatic N) is 5. The highest BCUT2D eigenvalue weighted by Crippen LogP contribution is 2.35. The van der Waals surface area contributed by atoms with Gasteiger partial charge in [-0.3, -0.25) is 9.48 Å². The number of thiol groups is 1. The number of carbonyl (C=O) groups is 1. The van der Waals surface area contributed by atoms with E-state index in [1.807, 2.05) is 23.0 Å². The zero-order valence-corrected chi connectivity index (χ0v) is 19.0. The third kappa shape index (κ3) is 3.86. The van der Waals surface area contributed by atoms with Gasteiger partial charge in [-0.05, 0) is 57.7 Å². The molecule has 1 amide bonds. The lowest BCUT2D eigenvalue weighted by molar-refractivity contribution is 0.0794. The van der Waals surface area contributed by atoms with Crippen LogP contribution in [-0.2, 0) is 5.60 Å². The van der Waals surface area contributed by atoms with Gasteiger partial charge in [0.2, 0.25) is 0 Å². The number of fused-ring (bicyclic) bond motifs is 2. The average Bonchev–Trinajstić information content (AvgIpc) is 3.37. The maximum absolute atomic E-state index is 13.1. The summed E-state index contributed by atoms with van der Waals surface area (Å²) in [5, 5.41) is 24.1. The number of aliphatic hydroxyl groups is 1. The first kappa shape index (κ1) is 21.0. The van der Waals surface area contributed by atoms with Crippen LogP contribution in [-0.4, -0.2) is 40.6 Å². The Morgan fingerprint density at radius 3 is 2.78 bits per heavy atom. The summed E-state index contributed by atoms with van der Waals surface area (Å²) in [6.45, 7) is 3.40. The van der Waals surface area contributed by atoms with Crippen LogP contribution in [0, 0.1) is 0 Å². The molecule has 2 N–H and O–H groups in total. The molecule has 5 rings (SSSR count). The van der Waals surface area contributed by atoms with Crippen LogP contribution in [0.4, 0.5) is 5.69 Å². The zero-order valence-electron chi connectivity index (χ0n) is 18.1. The molecule has 0 spiro atoms. The van der Waals surface area contributed by atoms with E-state index in [1.54, 1.807) is 36.8 Å². The van der Waals surface area contributed by atoms with Crippen molar-refractivity contribution >= 4 is 40.8 Å². The molecule has 8 nitrogen and oxygen atoms in total. The molecule has 0 bridgehead atoms. The second kappa shape index (κ2) is 7.90. The van der Waals surface area contributed by atoms with Gasteiger partial charge in [-0.25, -0.2) is 9.50 Å². The van der Waals surface area contributed by atoms with E-state index >= 15 is 0 Å². The Morgan fingerprint density at radius 2 is 2.03 bits per heavy atom. The van der Waals surface area contributed by atoms with Gasteiger partial charge in [-0.15, -0.1) is 0 Å². The predicted octanol–water partition coefficient (Wildman–Crippen LogP) is 3.97. The van der Waals surface area contributed by atoms with E-state index in [-0.39, 0.29) is 5.91 Å². The van der Waals surface area contributed by atoms with Crippen LogP contribution in [0.3, 0.4) is 0 Å². The lowest BCUT2D eigenvalue weighted by Crippen LogP contribution is -2.21. The van der Waals surface area contributed by atoms with Gasteiger partial charge in [0, 0.05) is 40.5 Å². The molecule has 1 aromatic carbocycles. The molecule has 1 aliphatic carbocycles. The Kier molecular flexibility index (Phi) is 5.17. The number of amides is 1. The summed E-state index contributed by atoms with van der Waals surface area (Å²) in [6.07, 6.45) is 11.1. The Labute approximate surface area is 191 Å². The van der Waals surface area contributed by atoms with E-state index in [9.17, 15) is 9.90 Å². The highest BCUT2D eigenvalue weighted by atomic mass is 32.1. The van der Waals surface area contributed by atoms with Crippen molar-refractivity contribution in [2.24, 2.45) is 0 Å². The number of aromatic nitrogens is 5. The minimum atomic E-state index is -1.16. The van der Waals surface area contributed by atoms with Crippen molar-refractivity contribution in [2.45, 2.75) is 56.4 Å². The summed E-state index contributed by atoms with van der Waals surface area (Å²) in [4.78, 5) is 17.3. The van der Waals surface area contributed by atoms with Crippen LogP contribution >= 0.6 is 12.6 Å². The molecular formula is C23H26N6O2S. The summed E-state index contributed by atoms with van der Waals surface area (Å²) >= 11 is 4.59. The number of rotatable bonds is 4. The molecule has 0 aliphatic heterocycles. The highest BCUT2D eigenvalue weighted by Gasteiger charge is 2.26. The standard InChI is InChI=1S/C23H26N6O2S/c1-23(2,31)18-11-19-14(13-29(27-19)15-4-6-16(32)7-5-15)10-20(18)26-22(30)17-12-25-28-9-3-8-24-21(17)28/h3,8-13,15-16,31-32H,4-7H2,1-2H3,(H,26,30). The van der Waals surface area contributed by atoms with E-state index in [0.717, 1.165) is 36.6 Å². The van der Waals surface area contributed by atoms with Crippen LogP contribution in [0.25, 0.3) is 16.6 Å². The minimum absolute atomic E-state index is 0.331. The molecule has 1 fully saturated rings. The Balaban J connectivity index is 1.51. The van der Waals surface area contributed by atoms with Crippen LogP contribution in [0.5, 0.6) is 0 Å². The molecular weight excluding hydrogens is 424 g/mol. The number of carbonyl (C=O) groups excluding carboxylic acids is 1. The smallest absolute Gasteiger partial charge is 0.261 e. The summed E-state index contributed by atoms with van der Waals surface area (Å²) in [6, 6.07) is 5.84. The van der Waals surface area contributed by atoms with Gasteiger partial charge in [0.05, 0.1) is 23.4 Å². The minimum Gasteiger partial charge on any atom is -0.386 e. The Morgan fingerprint density at radius 1 is 1.25 bits per heavy atom. The molecule has 1 saturated carbocycles. The summed E-state index contributed by atoms with van der Waals surface area (Å²) in [7, 11) is 0. The molecule has 0 atom stereocenters. The van der Waals surface area contributed by atoms with Crippen molar-refractivity contribution < 1.29 is 9.90 Å². The first-order valence-corrected chi connectivity index (χ1v) is 11.3. The number of nitrogens with one attached hydrogen (secondary N) is 1. The highest BCUT2D eigenvalue weighted by molar-refractivity contribution is 7.80. The quantitative estimate of drug-likeness (QED) is 0.409. The summed E-state index contributed by atoms with van der Waals surface area (Å²) in [5.41, 5.74) is 1.63. The number of hydrogen-bond donors (Lipinski definition) is 3. The fraction of sp³-hybridized carbons (Fsp3) is 0.391. The lowest BCUT2D eigenvalue weighted by atomic mass is 9.95. The van der Waals surface area contributed by atoms with Crippen LogP contribution in [0.15, 0.2) is 43.0 Å². The van der Waals surface area contributed by atoms with Gasteiger partial charge in [0.1, 0.15) is 5.56 Å². The van der Waals surface area contributed by atoms with E-state index in [1.165, 1.54) is 6.20 Å². The fourth-order valence-corrected chi connectivity index (χ4v) is 4.69. The molecule has 3 heterocycles. The maximum atomic E-state index is 13.1. The number of hydrogen-bond acceptors (Lipinski definition) is 6. The molecule has 0 radical (unpaired) electrons. The topological polar surface area (TPSA) is 97.3 Å². The van der Waals surface area contributed by atoms with Gasteiger partial charge in [0.15, 0.2) is 5.65 Å². The van der Waals surface area contributed by atoms with Gasteiger partial charge in [-0.1, -0.05) is 0 Å². The van der Waals surface area contributed by atoms with E-state index in [0.29, 0.717) is 33.8 Å². The molecule has 166 valence electrons. The predicted molar refractivity (Wildman–Crippen MR) is 126 cm³/mol. The third-order valence-corrected chi connectivity index (χ3v) is 6.65. The average molecular weight is 451 g/mol. The number of benzene rings is 1. The van der Waals surface area contributed by atoms with Gasteiger partial charge < -0.3 is 10.4 Å². The molecule has 32 heavy (non-hydrogen) atoms. The van der Waals surface area contributed by atoms with Crippen molar-refractivity contribution in [2.75, 3.05) is 5.32 Å². The monoisotopic (exact) mass is 450 g/mol. The van der Waals surface area contributed by atoms with Crippen molar-refractivity contribution in [3.63, 3.8) is 0 Å². The third-order valence-electron chi connectivity index (χ3n) is 6.13. The Hall–Kier alpha value is -2.91. The first-order chi connectivity index (χ1) is 15.3. The molecule has 1 aliphatic rings. The van der Waals surface area contributed by atoms with Crippen molar-refractivity contribution in [1.82, 2.24) is 24.4 Å². The van der Waals surface area contributed by atoms with E-state index in [4.69, 9.17) is 5.10 Å². The van der Waals surface area contributed by atoms with E-state index in [2.05, 4.69) is 28.0 Å². The SMILES string of the molecule is CC(C)(O)c1cc2nn(C3CCC(S)CC3)cc2cc1NC(=O)c1cnn2cccnc12. The maximum Gasteiger partial charge on any atom is 0.261 e. The van der Waals surface area contributed by atoms with Gasteiger partial charge in [-0.2, -0.15) is 22.8 Å². The summed E-state index contributed by atoms with van der Waals surface area (Å²) in [5.74, 6) is -0.331. The van der Waals surface area contributed by atoms with Crippen molar-refractivity contribution in [3.05, 3.63) is 54.1 Å². The van der Waals surface area contributed by atoms with Crippen LogP contribution < -0.4 is 5.32 Å². The van der Waals surface area contributed by atoms with E-state index < -0.39 is 5.60 Å². The fourth-order valence-electron chi connectivity index (χ4n) is 4.39. The Bertz CT molecular complexity index is 1300. The second-order valence-electron chi connectivity index (χ2n) is 8.99. The normalized spacial score (nSPS) is 19.5. The van der Waals surface area contributed by atoms with Gasteiger partial charge >= 0.3 is 0 Å². The lowest BCUT2D eigenvalue weighted by Gasteiger charge is -2.25. The van der Waals surface area contributed by atoms with Crippen LogP contribution in [0.2, 0.25) is 0 Å². The molecule has 0 saturated heterocycles. The van der Waals surface area contributed by atoms with Crippen molar-refractivity contribution in [1.29, 1.82) is 0 Å². The summed E-state index contributed by atoms with van der Waals surface area (Å²) < 4.78 is 3.58. The second-order valence-corrected chi connectivity index (χ2v) is 9.72. The zero-order chi connectivity index (χ0) is 22.5.